The number of hydrogen-bond donors (Lipinski definition) is 3. The van der Waals surface area contributed by atoms with Crippen LogP contribution < -0.4 is 11.5 Å². The van der Waals surface area contributed by atoms with Crippen LogP contribution in [-0.2, 0) is 11.2 Å². The topological polar surface area (TPSA) is 111 Å². The highest BCUT2D eigenvalue weighted by molar-refractivity contribution is 5.97. The molecule has 1 aromatic carbocycles. The number of aromatic nitrogens is 1. The number of carboxylic acid groups (broad SMARTS) is 1. The summed E-state index contributed by atoms with van der Waals surface area (Å²) in [6.07, 6.45) is 2.63. The van der Waals surface area contributed by atoms with Gasteiger partial charge in [-0.15, -0.1) is 0 Å². The van der Waals surface area contributed by atoms with Gasteiger partial charge in [-0.1, -0.05) is 38.5 Å². The van der Waals surface area contributed by atoms with Gasteiger partial charge in [-0.3, -0.25) is 14.2 Å². The van der Waals surface area contributed by atoms with Crippen LogP contribution in [0.2, 0.25) is 0 Å². The van der Waals surface area contributed by atoms with E-state index in [9.17, 15) is 9.59 Å². The van der Waals surface area contributed by atoms with Gasteiger partial charge in [0.05, 0.1) is 11.6 Å². The van der Waals surface area contributed by atoms with Crippen molar-refractivity contribution in [2.75, 3.05) is 0 Å². The molecule has 5 N–H and O–H groups in total. The van der Waals surface area contributed by atoms with E-state index in [1.165, 1.54) is 4.57 Å². The van der Waals surface area contributed by atoms with Crippen molar-refractivity contribution in [2.24, 2.45) is 17.4 Å². The molecule has 0 aliphatic heterocycles. The van der Waals surface area contributed by atoms with Crippen molar-refractivity contribution in [1.82, 2.24) is 4.57 Å². The van der Waals surface area contributed by atoms with E-state index in [0.29, 0.717) is 0 Å². The highest BCUT2D eigenvalue weighted by atomic mass is 16.4. The van der Waals surface area contributed by atoms with Crippen molar-refractivity contribution in [3.63, 3.8) is 0 Å². The molecule has 6 nitrogen and oxygen atoms in total. The molecule has 0 aliphatic rings. The van der Waals surface area contributed by atoms with Crippen LogP contribution in [0.15, 0.2) is 30.5 Å². The number of benzene rings is 1. The predicted octanol–water partition coefficient (Wildman–Crippen LogP) is 1.61. The van der Waals surface area contributed by atoms with Crippen LogP contribution in [0.5, 0.6) is 0 Å². The monoisotopic (exact) mass is 317 g/mol. The van der Waals surface area contributed by atoms with Gasteiger partial charge >= 0.3 is 5.97 Å². The van der Waals surface area contributed by atoms with E-state index >= 15 is 0 Å². The lowest BCUT2D eigenvalue weighted by molar-refractivity contribution is -0.138. The van der Waals surface area contributed by atoms with Crippen molar-refractivity contribution in [3.05, 3.63) is 36.0 Å². The quantitative estimate of drug-likeness (QED) is 0.749. The lowest BCUT2D eigenvalue weighted by atomic mass is 9.99. The second-order valence-corrected chi connectivity index (χ2v) is 5.94. The lowest BCUT2D eigenvalue weighted by Crippen LogP contribution is -2.39. The van der Waals surface area contributed by atoms with Crippen LogP contribution in [0.1, 0.15) is 30.6 Å². The second kappa shape index (κ2) is 6.93. The number of carbonyl (C=O) groups is 2. The lowest BCUT2D eigenvalue weighted by Gasteiger charge is -2.17. The van der Waals surface area contributed by atoms with Crippen LogP contribution in [-0.4, -0.2) is 33.6 Å². The number of hydrogen-bond acceptors (Lipinski definition) is 4. The maximum atomic E-state index is 12.7. The summed E-state index contributed by atoms with van der Waals surface area (Å²) in [4.78, 5) is 23.7. The number of rotatable bonds is 6. The van der Waals surface area contributed by atoms with Crippen molar-refractivity contribution < 1.29 is 14.7 Å². The van der Waals surface area contributed by atoms with E-state index in [-0.39, 0.29) is 18.2 Å². The molecule has 0 spiro atoms. The van der Waals surface area contributed by atoms with Crippen molar-refractivity contribution in [2.45, 2.75) is 38.8 Å². The van der Waals surface area contributed by atoms with Gasteiger partial charge in [0.15, 0.2) is 0 Å². The van der Waals surface area contributed by atoms with Crippen LogP contribution in [0.25, 0.3) is 10.9 Å². The normalized spacial score (nSPS) is 15.3. The van der Waals surface area contributed by atoms with E-state index in [4.69, 9.17) is 16.6 Å². The maximum absolute atomic E-state index is 12.7. The van der Waals surface area contributed by atoms with E-state index in [1.807, 2.05) is 38.1 Å². The van der Waals surface area contributed by atoms with Crippen LogP contribution in [0.3, 0.4) is 0 Å². The molecular weight excluding hydrogens is 294 g/mol. The van der Waals surface area contributed by atoms with Crippen molar-refractivity contribution >= 4 is 22.8 Å². The van der Waals surface area contributed by atoms with Gasteiger partial charge < -0.3 is 16.6 Å². The summed E-state index contributed by atoms with van der Waals surface area (Å²) in [5, 5.41) is 9.83. The van der Waals surface area contributed by atoms with Crippen LogP contribution >= 0.6 is 0 Å². The number of nitrogens with two attached hydrogens (primary N) is 2. The Morgan fingerprint density at radius 2 is 1.91 bits per heavy atom. The molecular formula is C17H23N3O3. The Labute approximate surface area is 135 Å². The average Bonchev–Trinajstić information content (AvgIpc) is 2.91. The first-order valence-corrected chi connectivity index (χ1v) is 7.74. The highest BCUT2D eigenvalue weighted by Crippen LogP contribution is 2.23. The number of carbonyl (C=O) groups excluding carboxylic acids is 1. The fourth-order valence-corrected chi connectivity index (χ4v) is 2.58. The molecule has 2 aromatic rings. The minimum atomic E-state index is -1.07. The minimum Gasteiger partial charge on any atom is -0.480 e. The SMILES string of the molecule is CC[C@H](C)[C@H](N)C(=O)n1cc(C[C@H](N)C(=O)O)c2ccccc21. The molecule has 0 amide bonds. The summed E-state index contributed by atoms with van der Waals surface area (Å²) in [5.41, 5.74) is 13.2. The van der Waals surface area contributed by atoms with Gasteiger partial charge in [0.1, 0.15) is 6.04 Å². The number of para-hydroxylation sites is 1. The Hall–Kier alpha value is -2.18. The second-order valence-electron chi connectivity index (χ2n) is 5.94. The van der Waals surface area contributed by atoms with Gasteiger partial charge in [0.25, 0.3) is 0 Å². The molecule has 0 saturated carbocycles. The third-order valence-electron chi connectivity index (χ3n) is 4.33. The third kappa shape index (κ3) is 3.43. The summed E-state index contributed by atoms with van der Waals surface area (Å²) < 4.78 is 1.52. The molecule has 0 fully saturated rings. The van der Waals surface area contributed by atoms with Gasteiger partial charge in [0.2, 0.25) is 5.91 Å². The average molecular weight is 317 g/mol. The Morgan fingerprint density at radius 1 is 1.26 bits per heavy atom. The molecule has 6 heteroatoms. The summed E-state index contributed by atoms with van der Waals surface area (Å²) in [7, 11) is 0. The molecule has 0 unspecified atom stereocenters. The fourth-order valence-electron chi connectivity index (χ4n) is 2.58. The Bertz CT molecular complexity index is 723. The van der Waals surface area contributed by atoms with Crippen LogP contribution in [0.4, 0.5) is 0 Å². The number of fused-ring (bicyclic) bond motifs is 1. The summed E-state index contributed by atoms with van der Waals surface area (Å²) in [6, 6.07) is 5.76. The maximum Gasteiger partial charge on any atom is 0.320 e. The molecule has 3 atom stereocenters. The predicted molar refractivity (Wildman–Crippen MR) is 89.3 cm³/mol. The molecule has 1 aromatic heterocycles. The third-order valence-corrected chi connectivity index (χ3v) is 4.33. The van der Waals surface area contributed by atoms with E-state index in [2.05, 4.69) is 0 Å². The van der Waals surface area contributed by atoms with Gasteiger partial charge in [0, 0.05) is 18.0 Å². The fraction of sp³-hybridized carbons (Fsp3) is 0.412. The van der Waals surface area contributed by atoms with Crippen molar-refractivity contribution in [1.29, 1.82) is 0 Å². The molecule has 23 heavy (non-hydrogen) atoms. The Kier molecular flexibility index (Phi) is 5.18. The summed E-state index contributed by atoms with van der Waals surface area (Å²) >= 11 is 0. The first kappa shape index (κ1) is 17.2. The highest BCUT2D eigenvalue weighted by Gasteiger charge is 2.24. The zero-order valence-electron chi connectivity index (χ0n) is 13.4. The van der Waals surface area contributed by atoms with Gasteiger partial charge in [-0.05, 0) is 17.5 Å². The molecule has 124 valence electrons. The molecule has 0 aliphatic carbocycles. The van der Waals surface area contributed by atoms with E-state index in [1.54, 1.807) is 6.20 Å². The molecule has 2 rings (SSSR count). The molecule has 0 bridgehead atoms. The Balaban J connectivity index is 2.45. The van der Waals surface area contributed by atoms with E-state index < -0.39 is 18.1 Å². The molecule has 0 radical (unpaired) electrons. The smallest absolute Gasteiger partial charge is 0.320 e. The van der Waals surface area contributed by atoms with Crippen molar-refractivity contribution in [3.8, 4) is 0 Å². The summed E-state index contributed by atoms with van der Waals surface area (Å²) in [5.74, 6) is -1.19. The van der Waals surface area contributed by atoms with Gasteiger partial charge in [-0.2, -0.15) is 0 Å². The van der Waals surface area contributed by atoms with Gasteiger partial charge in [-0.25, -0.2) is 0 Å². The van der Waals surface area contributed by atoms with Crippen LogP contribution in [0, 0.1) is 5.92 Å². The standard InChI is InChI=1S/C17H23N3O3/c1-3-10(2)15(19)16(21)20-9-11(8-13(18)17(22)23)12-6-4-5-7-14(12)20/h4-7,9-10,13,15H,3,8,18-19H2,1-2H3,(H,22,23)/t10-,13-,15-/m0/s1. The zero-order chi connectivity index (χ0) is 17.1. The molecule has 0 saturated heterocycles. The number of nitrogens with zero attached hydrogens (tertiary/aromatic N) is 1. The largest absolute Gasteiger partial charge is 0.480 e. The first-order valence-electron chi connectivity index (χ1n) is 7.74. The van der Waals surface area contributed by atoms with E-state index in [0.717, 1.165) is 22.9 Å². The zero-order valence-corrected chi connectivity index (χ0v) is 13.4. The Morgan fingerprint density at radius 3 is 2.52 bits per heavy atom. The summed E-state index contributed by atoms with van der Waals surface area (Å²) in [6.45, 7) is 3.93. The number of carboxylic acids is 1. The number of aliphatic carboxylic acids is 1. The minimum absolute atomic E-state index is 0.0633. The molecule has 1 heterocycles. The first-order chi connectivity index (χ1) is 10.9.